The Labute approximate surface area is 162 Å². The molecule has 1 fully saturated rings. The Bertz CT molecular complexity index is 961. The van der Waals surface area contributed by atoms with E-state index in [-0.39, 0.29) is 22.9 Å². The molecule has 0 bridgehead atoms. The van der Waals surface area contributed by atoms with E-state index in [1.165, 1.54) is 31.0 Å². The second-order valence-electron chi connectivity index (χ2n) is 6.55. The molecule has 8 nitrogen and oxygen atoms in total. The Morgan fingerprint density at radius 2 is 1.82 bits per heavy atom. The summed E-state index contributed by atoms with van der Waals surface area (Å²) in [5.41, 5.74) is 0.202. The van der Waals surface area contributed by atoms with E-state index in [1.54, 1.807) is 30.1 Å². The first-order valence-electron chi connectivity index (χ1n) is 8.98. The second kappa shape index (κ2) is 8.16. The SMILES string of the molecule is COc1cccc(C(=O)Nc2cc(C(=O)N3CCCC3)cn(C)c2=O)c1OC. The van der Waals surface area contributed by atoms with Crippen LogP contribution in [-0.2, 0) is 7.05 Å². The highest BCUT2D eigenvalue weighted by atomic mass is 16.5. The highest BCUT2D eigenvalue weighted by Crippen LogP contribution is 2.31. The number of ether oxygens (including phenoxy) is 2. The van der Waals surface area contributed by atoms with Gasteiger partial charge in [0, 0.05) is 26.3 Å². The number of benzene rings is 1. The lowest BCUT2D eigenvalue weighted by Crippen LogP contribution is -2.31. The molecular formula is C20H23N3O5. The van der Waals surface area contributed by atoms with Crippen molar-refractivity contribution in [1.29, 1.82) is 0 Å². The first kappa shape index (κ1) is 19.5. The van der Waals surface area contributed by atoms with Crippen molar-refractivity contribution in [1.82, 2.24) is 9.47 Å². The molecule has 0 atom stereocenters. The zero-order valence-corrected chi connectivity index (χ0v) is 16.2. The minimum atomic E-state index is -0.529. The summed E-state index contributed by atoms with van der Waals surface area (Å²) in [6.45, 7) is 1.40. The molecule has 1 aromatic carbocycles. The van der Waals surface area contributed by atoms with Gasteiger partial charge < -0.3 is 24.3 Å². The molecule has 2 amide bonds. The maximum Gasteiger partial charge on any atom is 0.274 e. The van der Waals surface area contributed by atoms with Gasteiger partial charge in [-0.2, -0.15) is 0 Å². The third-order valence-electron chi connectivity index (χ3n) is 4.72. The van der Waals surface area contributed by atoms with Crippen LogP contribution in [0.2, 0.25) is 0 Å². The minimum Gasteiger partial charge on any atom is -0.493 e. The number of para-hydroxylation sites is 1. The molecule has 2 heterocycles. The topological polar surface area (TPSA) is 89.9 Å². The van der Waals surface area contributed by atoms with Gasteiger partial charge in [-0.3, -0.25) is 14.4 Å². The number of anilines is 1. The lowest BCUT2D eigenvalue weighted by Gasteiger charge is -2.17. The van der Waals surface area contributed by atoms with Crippen molar-refractivity contribution >= 4 is 17.5 Å². The highest BCUT2D eigenvalue weighted by Gasteiger charge is 2.22. The summed E-state index contributed by atoms with van der Waals surface area (Å²) in [5.74, 6) is -0.00850. The first-order valence-corrected chi connectivity index (χ1v) is 8.98. The molecule has 1 aliphatic rings. The van der Waals surface area contributed by atoms with Crippen molar-refractivity contribution in [2.45, 2.75) is 12.8 Å². The van der Waals surface area contributed by atoms with Crippen molar-refractivity contribution in [3.05, 3.63) is 51.9 Å². The van der Waals surface area contributed by atoms with Crippen molar-refractivity contribution in [3.8, 4) is 11.5 Å². The number of rotatable bonds is 5. The van der Waals surface area contributed by atoms with Crippen LogP contribution in [0.5, 0.6) is 11.5 Å². The smallest absolute Gasteiger partial charge is 0.274 e. The summed E-state index contributed by atoms with van der Waals surface area (Å²) in [7, 11) is 4.45. The maximum absolute atomic E-state index is 12.8. The molecule has 2 aromatic rings. The number of hydrogen-bond acceptors (Lipinski definition) is 5. The van der Waals surface area contributed by atoms with Gasteiger partial charge >= 0.3 is 0 Å². The molecule has 3 rings (SSSR count). The predicted octanol–water partition coefficient (Wildman–Crippen LogP) is 1.89. The summed E-state index contributed by atoms with van der Waals surface area (Å²) in [6.07, 6.45) is 3.43. The van der Waals surface area contributed by atoms with Gasteiger partial charge in [-0.05, 0) is 31.0 Å². The third kappa shape index (κ3) is 3.71. The van der Waals surface area contributed by atoms with E-state index >= 15 is 0 Å². The van der Waals surface area contributed by atoms with Gasteiger partial charge in [0.1, 0.15) is 5.69 Å². The van der Waals surface area contributed by atoms with Gasteiger partial charge in [-0.25, -0.2) is 0 Å². The fourth-order valence-electron chi connectivity index (χ4n) is 3.28. The summed E-state index contributed by atoms with van der Waals surface area (Å²) in [6, 6.07) is 6.32. The average molecular weight is 385 g/mol. The van der Waals surface area contributed by atoms with E-state index in [4.69, 9.17) is 9.47 Å². The van der Waals surface area contributed by atoms with E-state index in [0.29, 0.717) is 24.4 Å². The van der Waals surface area contributed by atoms with Crippen LogP contribution >= 0.6 is 0 Å². The molecule has 1 saturated heterocycles. The second-order valence-corrected chi connectivity index (χ2v) is 6.55. The Kier molecular flexibility index (Phi) is 5.67. The number of carbonyl (C=O) groups excluding carboxylic acids is 2. The molecule has 1 aromatic heterocycles. The fourth-order valence-corrected chi connectivity index (χ4v) is 3.28. The van der Waals surface area contributed by atoms with Gasteiger partial charge in [0.05, 0.1) is 25.3 Å². The van der Waals surface area contributed by atoms with Crippen molar-refractivity contribution in [2.24, 2.45) is 7.05 Å². The lowest BCUT2D eigenvalue weighted by atomic mass is 10.1. The van der Waals surface area contributed by atoms with Crippen LogP contribution in [0, 0.1) is 0 Å². The molecule has 0 saturated carbocycles. The van der Waals surface area contributed by atoms with E-state index in [1.807, 2.05) is 0 Å². The Balaban J connectivity index is 1.93. The van der Waals surface area contributed by atoms with E-state index in [2.05, 4.69) is 5.32 Å². The molecule has 148 valence electrons. The molecule has 0 radical (unpaired) electrons. The van der Waals surface area contributed by atoms with Gasteiger partial charge in [0.25, 0.3) is 17.4 Å². The molecule has 0 aliphatic carbocycles. The first-order chi connectivity index (χ1) is 13.5. The quantitative estimate of drug-likeness (QED) is 0.849. The van der Waals surface area contributed by atoms with Crippen LogP contribution in [-0.4, -0.2) is 48.6 Å². The van der Waals surface area contributed by atoms with E-state index in [9.17, 15) is 14.4 Å². The molecule has 1 aliphatic heterocycles. The largest absolute Gasteiger partial charge is 0.493 e. The summed E-state index contributed by atoms with van der Waals surface area (Å²) >= 11 is 0. The number of pyridine rings is 1. The molecular weight excluding hydrogens is 362 g/mol. The number of methoxy groups -OCH3 is 2. The van der Waals surface area contributed by atoms with Gasteiger partial charge in [-0.15, -0.1) is 0 Å². The average Bonchev–Trinajstić information content (AvgIpc) is 3.24. The third-order valence-corrected chi connectivity index (χ3v) is 4.72. The van der Waals surface area contributed by atoms with Crippen LogP contribution in [0.3, 0.4) is 0 Å². The molecule has 28 heavy (non-hydrogen) atoms. The Hall–Kier alpha value is -3.29. The van der Waals surface area contributed by atoms with Crippen molar-refractivity contribution in [2.75, 3.05) is 32.6 Å². The normalized spacial score (nSPS) is 13.3. The number of likely N-dealkylation sites (tertiary alicyclic amines) is 1. The molecule has 1 N–H and O–H groups in total. The zero-order chi connectivity index (χ0) is 20.3. The van der Waals surface area contributed by atoms with E-state index in [0.717, 1.165) is 12.8 Å². The van der Waals surface area contributed by atoms with Crippen LogP contribution in [0.1, 0.15) is 33.6 Å². The maximum atomic E-state index is 12.8. The van der Waals surface area contributed by atoms with Gasteiger partial charge in [-0.1, -0.05) is 6.07 Å². The van der Waals surface area contributed by atoms with Crippen LogP contribution in [0.25, 0.3) is 0 Å². The number of nitrogens with one attached hydrogen (secondary N) is 1. The number of amides is 2. The van der Waals surface area contributed by atoms with Gasteiger partial charge in [0.15, 0.2) is 11.5 Å². The van der Waals surface area contributed by atoms with Crippen molar-refractivity contribution < 1.29 is 19.1 Å². The number of carbonyl (C=O) groups is 2. The van der Waals surface area contributed by atoms with Crippen molar-refractivity contribution in [3.63, 3.8) is 0 Å². The Morgan fingerprint density at radius 3 is 2.46 bits per heavy atom. The monoisotopic (exact) mass is 385 g/mol. The highest BCUT2D eigenvalue weighted by molar-refractivity contribution is 6.07. The number of hydrogen-bond donors (Lipinski definition) is 1. The summed E-state index contributed by atoms with van der Waals surface area (Å²) in [5, 5.41) is 2.60. The summed E-state index contributed by atoms with van der Waals surface area (Å²) in [4.78, 5) is 39.7. The van der Waals surface area contributed by atoms with Crippen LogP contribution in [0.15, 0.2) is 35.3 Å². The zero-order valence-electron chi connectivity index (χ0n) is 16.2. The molecule has 0 spiro atoms. The standard InChI is InChI=1S/C20H23N3O5/c1-22-12-13(19(25)23-9-4-5-10-23)11-15(20(22)26)21-18(24)14-7-6-8-16(27-2)17(14)28-3/h6-8,11-12H,4-5,9-10H2,1-3H3,(H,21,24). The number of nitrogens with zero attached hydrogens (tertiary/aromatic N) is 2. The van der Waals surface area contributed by atoms with Gasteiger partial charge in [0.2, 0.25) is 0 Å². The molecule has 0 unspecified atom stereocenters. The number of aryl methyl sites for hydroxylation is 1. The van der Waals surface area contributed by atoms with E-state index < -0.39 is 11.5 Å². The molecule has 8 heteroatoms. The Morgan fingerprint density at radius 1 is 1.11 bits per heavy atom. The number of aromatic nitrogens is 1. The van der Waals surface area contributed by atoms with Crippen LogP contribution in [0.4, 0.5) is 5.69 Å². The summed E-state index contributed by atoms with van der Waals surface area (Å²) < 4.78 is 11.8. The predicted molar refractivity (Wildman–Crippen MR) is 104 cm³/mol. The van der Waals surface area contributed by atoms with Crippen LogP contribution < -0.4 is 20.3 Å². The minimum absolute atomic E-state index is 0.0300. The lowest BCUT2D eigenvalue weighted by molar-refractivity contribution is 0.0791. The fraction of sp³-hybridized carbons (Fsp3) is 0.350.